The van der Waals surface area contributed by atoms with Gasteiger partial charge in [0.1, 0.15) is 18.2 Å². The first-order valence-corrected chi connectivity index (χ1v) is 11.9. The van der Waals surface area contributed by atoms with Crippen molar-refractivity contribution >= 4 is 21.4 Å². The molecule has 0 saturated heterocycles. The van der Waals surface area contributed by atoms with Crippen LogP contribution in [0.3, 0.4) is 0 Å². The molecule has 0 saturated carbocycles. The standard InChI is InChI=1S/C22H19ClF3NO2S/c1-10-19(26)8-15-14(7-17(23)22(20(10)15)30(2,28)29)13-3-4-18(25)16-6-12(24)5-11(9-27)21(13)16/h5-7,10,13,18-19H,3-4,8H2,1-2H3/t10-,13-,18+,19-/m1/s1. The predicted molar refractivity (Wildman–Crippen MR) is 108 cm³/mol. The predicted octanol–water partition coefficient (Wildman–Crippen LogP) is 5.69. The summed E-state index contributed by atoms with van der Waals surface area (Å²) >= 11 is 6.38. The minimum atomic E-state index is -3.71. The molecule has 3 nitrogen and oxygen atoms in total. The van der Waals surface area contributed by atoms with Gasteiger partial charge in [0.05, 0.1) is 21.6 Å². The number of sulfone groups is 1. The molecule has 0 N–H and O–H groups in total. The average molecular weight is 454 g/mol. The van der Waals surface area contributed by atoms with Crippen LogP contribution in [0.15, 0.2) is 23.1 Å². The molecule has 0 unspecified atom stereocenters. The van der Waals surface area contributed by atoms with Crippen LogP contribution >= 0.6 is 11.6 Å². The summed E-state index contributed by atoms with van der Waals surface area (Å²) in [5.41, 5.74) is 2.00. The van der Waals surface area contributed by atoms with Crippen LogP contribution in [0, 0.1) is 17.1 Å². The number of nitriles is 1. The summed E-state index contributed by atoms with van der Waals surface area (Å²) in [6.45, 7) is 1.62. The molecule has 4 rings (SSSR count). The number of rotatable bonds is 2. The highest BCUT2D eigenvalue weighted by molar-refractivity contribution is 7.90. The molecule has 0 aliphatic heterocycles. The van der Waals surface area contributed by atoms with Crippen molar-refractivity contribution in [2.75, 3.05) is 6.26 Å². The quantitative estimate of drug-likeness (QED) is 0.587. The van der Waals surface area contributed by atoms with Gasteiger partial charge in [0, 0.05) is 24.5 Å². The molecule has 4 atom stereocenters. The second-order valence-corrected chi connectivity index (χ2v) is 10.5. The summed E-state index contributed by atoms with van der Waals surface area (Å²) in [4.78, 5) is -0.0745. The molecule has 2 aromatic rings. The number of alkyl halides is 2. The Morgan fingerprint density at radius 2 is 1.83 bits per heavy atom. The Balaban J connectivity index is 2.03. The van der Waals surface area contributed by atoms with E-state index in [-0.39, 0.29) is 33.9 Å². The van der Waals surface area contributed by atoms with Crippen LogP contribution in [0.1, 0.15) is 71.2 Å². The second kappa shape index (κ2) is 7.28. The summed E-state index contributed by atoms with van der Waals surface area (Å²) in [5.74, 6) is -1.86. The Bertz CT molecular complexity index is 1210. The van der Waals surface area contributed by atoms with Gasteiger partial charge in [0.15, 0.2) is 9.84 Å². The van der Waals surface area contributed by atoms with E-state index in [2.05, 4.69) is 0 Å². The molecule has 0 fully saturated rings. The van der Waals surface area contributed by atoms with Crippen LogP contribution in [-0.4, -0.2) is 20.8 Å². The third-order valence-electron chi connectivity index (χ3n) is 6.25. The topological polar surface area (TPSA) is 57.9 Å². The van der Waals surface area contributed by atoms with E-state index in [9.17, 15) is 26.9 Å². The monoisotopic (exact) mass is 453 g/mol. The van der Waals surface area contributed by atoms with Crippen molar-refractivity contribution in [2.45, 2.75) is 55.3 Å². The first-order chi connectivity index (χ1) is 14.0. The molecule has 2 aliphatic rings. The molecule has 0 radical (unpaired) electrons. The minimum Gasteiger partial charge on any atom is -0.246 e. The number of nitrogens with zero attached hydrogens (tertiary/aromatic N) is 1. The van der Waals surface area contributed by atoms with Crippen LogP contribution in [0.4, 0.5) is 13.2 Å². The highest BCUT2D eigenvalue weighted by Gasteiger charge is 2.40. The molecule has 0 bridgehead atoms. The van der Waals surface area contributed by atoms with Crippen LogP contribution < -0.4 is 0 Å². The summed E-state index contributed by atoms with van der Waals surface area (Å²) in [6.07, 6.45) is -1.21. The van der Waals surface area contributed by atoms with E-state index in [1.54, 1.807) is 6.92 Å². The van der Waals surface area contributed by atoms with Gasteiger partial charge in [-0.05, 0) is 58.9 Å². The number of halogens is 4. The molecule has 158 valence electrons. The zero-order valence-electron chi connectivity index (χ0n) is 16.3. The van der Waals surface area contributed by atoms with Gasteiger partial charge in [-0.1, -0.05) is 18.5 Å². The van der Waals surface area contributed by atoms with Crippen LogP contribution in [0.25, 0.3) is 0 Å². The smallest absolute Gasteiger partial charge is 0.177 e. The van der Waals surface area contributed by atoms with Crippen molar-refractivity contribution in [1.82, 2.24) is 0 Å². The summed E-state index contributed by atoms with van der Waals surface area (Å²) in [5, 5.41) is 9.53. The van der Waals surface area contributed by atoms with E-state index >= 15 is 0 Å². The fraction of sp³-hybridized carbons (Fsp3) is 0.409. The van der Waals surface area contributed by atoms with Crippen LogP contribution in [-0.2, 0) is 16.3 Å². The van der Waals surface area contributed by atoms with Gasteiger partial charge >= 0.3 is 0 Å². The lowest BCUT2D eigenvalue weighted by Crippen LogP contribution is -2.18. The van der Waals surface area contributed by atoms with E-state index in [1.165, 1.54) is 6.07 Å². The van der Waals surface area contributed by atoms with Gasteiger partial charge in [0.2, 0.25) is 0 Å². The molecule has 0 spiro atoms. The van der Waals surface area contributed by atoms with E-state index < -0.39 is 39.8 Å². The van der Waals surface area contributed by atoms with Gasteiger partial charge in [-0.25, -0.2) is 21.6 Å². The Kier molecular flexibility index (Phi) is 5.14. The second-order valence-electron chi connectivity index (χ2n) is 8.12. The van der Waals surface area contributed by atoms with E-state index in [0.29, 0.717) is 28.7 Å². The fourth-order valence-corrected chi connectivity index (χ4v) is 6.73. The molecule has 0 aromatic heterocycles. The Morgan fingerprint density at radius 1 is 1.13 bits per heavy atom. The lowest BCUT2D eigenvalue weighted by Gasteiger charge is -2.31. The van der Waals surface area contributed by atoms with Crippen molar-refractivity contribution < 1.29 is 21.6 Å². The molecule has 0 amide bonds. The summed E-state index contributed by atoms with van der Waals surface area (Å²) in [7, 11) is -3.71. The first-order valence-electron chi connectivity index (χ1n) is 9.61. The van der Waals surface area contributed by atoms with Gasteiger partial charge in [-0.2, -0.15) is 5.26 Å². The lowest BCUT2D eigenvalue weighted by molar-refractivity contribution is 0.292. The normalized spacial score (nSPS) is 25.5. The molecule has 2 aliphatic carbocycles. The lowest BCUT2D eigenvalue weighted by atomic mass is 9.74. The molecular weight excluding hydrogens is 435 g/mol. The number of hydrogen-bond acceptors (Lipinski definition) is 3. The number of hydrogen-bond donors (Lipinski definition) is 0. The Labute approximate surface area is 178 Å². The largest absolute Gasteiger partial charge is 0.246 e. The van der Waals surface area contributed by atoms with E-state index in [4.69, 9.17) is 11.6 Å². The van der Waals surface area contributed by atoms with Gasteiger partial charge in [-0.3, -0.25) is 0 Å². The average Bonchev–Trinajstić information content (AvgIpc) is 2.95. The molecule has 8 heteroatoms. The maximum atomic E-state index is 14.7. The van der Waals surface area contributed by atoms with E-state index in [0.717, 1.165) is 18.4 Å². The maximum Gasteiger partial charge on any atom is 0.177 e. The Morgan fingerprint density at radius 3 is 2.47 bits per heavy atom. The van der Waals surface area contributed by atoms with Crippen molar-refractivity contribution in [3.63, 3.8) is 0 Å². The molecule has 30 heavy (non-hydrogen) atoms. The highest BCUT2D eigenvalue weighted by atomic mass is 35.5. The molecule has 2 aromatic carbocycles. The van der Waals surface area contributed by atoms with Crippen molar-refractivity contribution in [2.24, 2.45) is 0 Å². The van der Waals surface area contributed by atoms with E-state index in [1.807, 2.05) is 6.07 Å². The van der Waals surface area contributed by atoms with Crippen LogP contribution in [0.2, 0.25) is 5.02 Å². The highest BCUT2D eigenvalue weighted by Crippen LogP contribution is 2.51. The van der Waals surface area contributed by atoms with Gasteiger partial charge in [0.25, 0.3) is 0 Å². The van der Waals surface area contributed by atoms with Crippen LogP contribution in [0.5, 0.6) is 0 Å². The Hall–Kier alpha value is -2.04. The zero-order valence-corrected chi connectivity index (χ0v) is 17.9. The summed E-state index contributed by atoms with van der Waals surface area (Å²) in [6, 6.07) is 5.61. The first kappa shape index (κ1) is 21.2. The number of benzene rings is 2. The maximum absolute atomic E-state index is 14.7. The third-order valence-corrected chi connectivity index (χ3v) is 7.84. The molecule has 0 heterocycles. The summed E-state index contributed by atoms with van der Waals surface area (Å²) < 4.78 is 68.1. The van der Waals surface area contributed by atoms with Gasteiger partial charge in [-0.15, -0.1) is 0 Å². The molecular formula is C22H19ClF3NO2S. The van der Waals surface area contributed by atoms with Crippen molar-refractivity contribution in [1.29, 1.82) is 5.26 Å². The fourth-order valence-electron chi connectivity index (χ4n) is 4.96. The zero-order chi connectivity index (χ0) is 22.0. The minimum absolute atomic E-state index is 0.0134. The SMILES string of the molecule is C[C@H]1c2c(c([C@H]3CC[C@H](F)c4cc(F)cc(C#N)c43)cc(Cl)c2S(C)(=O)=O)C[C@H]1F. The van der Waals surface area contributed by atoms with Crippen molar-refractivity contribution in [3.8, 4) is 6.07 Å². The third kappa shape index (κ3) is 3.21. The number of fused-ring (bicyclic) bond motifs is 2. The van der Waals surface area contributed by atoms with Crippen molar-refractivity contribution in [3.05, 3.63) is 62.4 Å². The van der Waals surface area contributed by atoms with Gasteiger partial charge < -0.3 is 0 Å².